The lowest BCUT2D eigenvalue weighted by Gasteiger charge is -2.12. The maximum absolute atomic E-state index is 12.5. The third-order valence-corrected chi connectivity index (χ3v) is 4.06. The molecule has 0 saturated carbocycles. The van der Waals surface area contributed by atoms with Crippen molar-refractivity contribution in [3.05, 3.63) is 65.9 Å². The summed E-state index contributed by atoms with van der Waals surface area (Å²) >= 11 is 0. The fourth-order valence-corrected chi connectivity index (χ4v) is 2.69. The van der Waals surface area contributed by atoms with Crippen molar-refractivity contribution in [2.75, 3.05) is 13.7 Å². The Morgan fingerprint density at radius 2 is 2.00 bits per heavy atom. The summed E-state index contributed by atoms with van der Waals surface area (Å²) < 4.78 is 12.7. The van der Waals surface area contributed by atoms with E-state index in [1.807, 2.05) is 36.7 Å². The summed E-state index contributed by atoms with van der Waals surface area (Å²) in [4.78, 5) is 21.1. The van der Waals surface area contributed by atoms with E-state index >= 15 is 0 Å². The van der Waals surface area contributed by atoms with Crippen LogP contribution in [0.2, 0.25) is 0 Å². The molecule has 0 saturated heterocycles. The molecule has 0 unspecified atom stereocenters. The lowest BCUT2D eigenvalue weighted by Crippen LogP contribution is -2.23. The van der Waals surface area contributed by atoms with Crippen LogP contribution in [0.3, 0.4) is 0 Å². The summed E-state index contributed by atoms with van der Waals surface area (Å²) in [6.07, 6.45) is 5.30. The monoisotopic (exact) mass is 366 g/mol. The van der Waals surface area contributed by atoms with E-state index in [0.29, 0.717) is 30.2 Å². The maximum Gasteiger partial charge on any atom is 0.251 e. The van der Waals surface area contributed by atoms with Crippen molar-refractivity contribution in [3.63, 3.8) is 0 Å². The van der Waals surface area contributed by atoms with Crippen molar-refractivity contribution in [2.45, 2.75) is 20.4 Å². The molecule has 1 N–H and O–H groups in total. The highest BCUT2D eigenvalue weighted by Gasteiger charge is 2.11. The highest BCUT2D eigenvalue weighted by molar-refractivity contribution is 5.94. The van der Waals surface area contributed by atoms with Gasteiger partial charge in [0.05, 0.1) is 13.7 Å². The zero-order chi connectivity index (χ0) is 19.2. The van der Waals surface area contributed by atoms with Crippen molar-refractivity contribution in [1.82, 2.24) is 19.9 Å². The molecule has 3 rings (SSSR count). The van der Waals surface area contributed by atoms with Crippen LogP contribution in [0.1, 0.15) is 28.7 Å². The van der Waals surface area contributed by atoms with Crippen LogP contribution < -0.4 is 14.8 Å². The average Bonchev–Trinajstić information content (AvgIpc) is 3.12. The van der Waals surface area contributed by atoms with Crippen molar-refractivity contribution >= 4 is 5.91 Å². The van der Waals surface area contributed by atoms with Crippen LogP contribution in [0, 0.1) is 6.92 Å². The van der Waals surface area contributed by atoms with E-state index < -0.39 is 0 Å². The number of aromatic nitrogens is 3. The Hall–Kier alpha value is -3.35. The third-order valence-electron chi connectivity index (χ3n) is 4.06. The number of ether oxygens (including phenoxy) is 2. The molecule has 1 aromatic carbocycles. The predicted molar refractivity (Wildman–Crippen MR) is 101 cm³/mol. The molecular formula is C20H22N4O3. The van der Waals surface area contributed by atoms with Crippen LogP contribution in [0.25, 0.3) is 5.82 Å². The number of hydrogen-bond acceptors (Lipinski definition) is 5. The number of benzene rings is 1. The summed E-state index contributed by atoms with van der Waals surface area (Å²) in [6.45, 7) is 4.68. The number of carbonyl (C=O) groups excluding carboxylic acids is 1. The van der Waals surface area contributed by atoms with Gasteiger partial charge in [0.15, 0.2) is 11.5 Å². The number of aryl methyl sites for hydroxylation is 1. The average molecular weight is 366 g/mol. The topological polar surface area (TPSA) is 78.3 Å². The van der Waals surface area contributed by atoms with Crippen LogP contribution in [-0.4, -0.2) is 34.2 Å². The Bertz CT molecular complexity index is 936. The van der Waals surface area contributed by atoms with E-state index in [1.54, 1.807) is 37.7 Å². The molecule has 0 aliphatic rings. The molecule has 0 atom stereocenters. The van der Waals surface area contributed by atoms with Gasteiger partial charge in [0.2, 0.25) is 0 Å². The molecule has 3 aromatic rings. The third kappa shape index (κ3) is 4.25. The van der Waals surface area contributed by atoms with Crippen LogP contribution in [-0.2, 0) is 6.54 Å². The van der Waals surface area contributed by atoms with Gasteiger partial charge in [-0.3, -0.25) is 9.36 Å². The molecule has 2 heterocycles. The molecule has 0 aliphatic heterocycles. The first-order valence-corrected chi connectivity index (χ1v) is 8.66. The second-order valence-electron chi connectivity index (χ2n) is 5.85. The highest BCUT2D eigenvalue weighted by Crippen LogP contribution is 2.28. The fraction of sp³-hybridized carbons (Fsp3) is 0.250. The number of carbonyl (C=O) groups is 1. The van der Waals surface area contributed by atoms with Crippen LogP contribution in [0.15, 0.2) is 48.9 Å². The molecule has 0 bridgehead atoms. The number of nitrogens with zero attached hydrogens (tertiary/aromatic N) is 3. The largest absolute Gasteiger partial charge is 0.493 e. The smallest absolute Gasteiger partial charge is 0.251 e. The van der Waals surface area contributed by atoms with Gasteiger partial charge in [0.1, 0.15) is 11.6 Å². The second-order valence-corrected chi connectivity index (χ2v) is 5.85. The van der Waals surface area contributed by atoms with Crippen molar-refractivity contribution in [3.8, 4) is 17.3 Å². The molecule has 140 valence electrons. The van der Waals surface area contributed by atoms with Crippen LogP contribution in [0.4, 0.5) is 0 Å². The number of amides is 1. The fourth-order valence-electron chi connectivity index (χ4n) is 2.69. The SMILES string of the molecule is CCOc1cc(C(=O)NCc2ccnc(-n3ccnc3C)c2)ccc1OC. The molecule has 7 nitrogen and oxygen atoms in total. The quantitative estimate of drug-likeness (QED) is 0.696. The molecule has 0 spiro atoms. The molecule has 0 aliphatic carbocycles. The van der Waals surface area contributed by atoms with E-state index in [1.165, 1.54) is 0 Å². The normalized spacial score (nSPS) is 10.5. The minimum atomic E-state index is -0.184. The van der Waals surface area contributed by atoms with Gasteiger partial charge in [-0.1, -0.05) is 0 Å². The van der Waals surface area contributed by atoms with Crippen molar-refractivity contribution < 1.29 is 14.3 Å². The van der Waals surface area contributed by atoms with E-state index in [2.05, 4.69) is 15.3 Å². The first-order valence-electron chi connectivity index (χ1n) is 8.66. The number of nitrogens with one attached hydrogen (secondary N) is 1. The summed E-state index contributed by atoms with van der Waals surface area (Å²) in [5, 5.41) is 2.92. The van der Waals surface area contributed by atoms with Gasteiger partial charge in [0.25, 0.3) is 5.91 Å². The zero-order valence-electron chi connectivity index (χ0n) is 15.6. The molecule has 0 radical (unpaired) electrons. The van der Waals surface area contributed by atoms with Gasteiger partial charge in [-0.15, -0.1) is 0 Å². The van der Waals surface area contributed by atoms with Gasteiger partial charge >= 0.3 is 0 Å². The summed E-state index contributed by atoms with van der Waals surface area (Å²) in [5.74, 6) is 2.58. The highest BCUT2D eigenvalue weighted by atomic mass is 16.5. The van der Waals surface area contributed by atoms with Gasteiger partial charge < -0.3 is 14.8 Å². The minimum Gasteiger partial charge on any atom is -0.493 e. The maximum atomic E-state index is 12.5. The van der Waals surface area contributed by atoms with Gasteiger partial charge in [-0.05, 0) is 49.7 Å². The Labute approximate surface area is 158 Å². The lowest BCUT2D eigenvalue weighted by atomic mass is 10.1. The number of imidazole rings is 1. The van der Waals surface area contributed by atoms with E-state index in [9.17, 15) is 4.79 Å². The number of methoxy groups -OCH3 is 1. The Morgan fingerprint density at radius 3 is 2.70 bits per heavy atom. The minimum absolute atomic E-state index is 0.184. The molecular weight excluding hydrogens is 344 g/mol. The summed E-state index contributed by atoms with van der Waals surface area (Å²) in [6, 6.07) is 8.92. The lowest BCUT2D eigenvalue weighted by molar-refractivity contribution is 0.0950. The molecule has 2 aromatic heterocycles. The van der Waals surface area contributed by atoms with Crippen LogP contribution >= 0.6 is 0 Å². The molecule has 0 fully saturated rings. The Kier molecular flexibility index (Phi) is 5.71. The Morgan fingerprint density at radius 1 is 1.15 bits per heavy atom. The zero-order valence-corrected chi connectivity index (χ0v) is 15.6. The number of hydrogen-bond donors (Lipinski definition) is 1. The summed E-state index contributed by atoms with van der Waals surface area (Å²) in [7, 11) is 1.57. The number of rotatable bonds is 7. The Balaban J connectivity index is 1.71. The standard InChI is InChI=1S/C20H22N4O3/c1-4-27-18-12-16(5-6-17(18)26-3)20(25)23-13-15-7-8-22-19(11-15)24-10-9-21-14(24)2/h5-12H,4,13H2,1-3H3,(H,23,25). The van der Waals surface area contributed by atoms with Crippen molar-refractivity contribution in [2.24, 2.45) is 0 Å². The van der Waals surface area contributed by atoms with Crippen molar-refractivity contribution in [1.29, 1.82) is 0 Å². The second kappa shape index (κ2) is 8.35. The molecule has 7 heteroatoms. The van der Waals surface area contributed by atoms with Gasteiger partial charge in [-0.2, -0.15) is 0 Å². The van der Waals surface area contributed by atoms with E-state index in [0.717, 1.165) is 17.2 Å². The van der Waals surface area contributed by atoms with Gasteiger partial charge in [0, 0.05) is 30.7 Å². The first-order chi connectivity index (χ1) is 13.1. The van der Waals surface area contributed by atoms with E-state index in [4.69, 9.17) is 9.47 Å². The van der Waals surface area contributed by atoms with E-state index in [-0.39, 0.29) is 5.91 Å². The van der Waals surface area contributed by atoms with Crippen LogP contribution in [0.5, 0.6) is 11.5 Å². The van der Waals surface area contributed by atoms with Gasteiger partial charge in [-0.25, -0.2) is 9.97 Å². The first kappa shape index (κ1) is 18.4. The molecule has 1 amide bonds. The predicted octanol–water partition coefficient (Wildman–Crippen LogP) is 2.91. The summed E-state index contributed by atoms with van der Waals surface area (Å²) in [5.41, 5.74) is 1.46. The number of pyridine rings is 1. The molecule has 27 heavy (non-hydrogen) atoms.